The third-order valence-corrected chi connectivity index (χ3v) is 3.30. The van der Waals surface area contributed by atoms with E-state index < -0.39 is 11.8 Å². The van der Waals surface area contributed by atoms with Crippen molar-refractivity contribution in [1.29, 1.82) is 0 Å². The van der Waals surface area contributed by atoms with Gasteiger partial charge in [0.2, 0.25) is 5.76 Å². The molecule has 0 aliphatic carbocycles. The number of ether oxygens (including phenoxy) is 2. The van der Waals surface area contributed by atoms with Crippen molar-refractivity contribution in [2.24, 2.45) is 0 Å². The lowest BCUT2D eigenvalue weighted by Gasteiger charge is -2.21. The molecule has 0 saturated carbocycles. The molecule has 2 aromatic rings. The Hall–Kier alpha value is -2.55. The van der Waals surface area contributed by atoms with Gasteiger partial charge in [-0.25, -0.2) is 4.79 Å². The first-order valence-corrected chi connectivity index (χ1v) is 6.88. The molecular formula is C18H16O3. The number of cyclic esters (lactones) is 1. The van der Waals surface area contributed by atoms with Crippen molar-refractivity contribution >= 4 is 12.0 Å². The van der Waals surface area contributed by atoms with Gasteiger partial charge in [-0.05, 0) is 17.2 Å². The molecule has 0 unspecified atom stereocenters. The Morgan fingerprint density at radius 1 is 0.952 bits per heavy atom. The fourth-order valence-electron chi connectivity index (χ4n) is 2.37. The normalized spacial score (nSPS) is 22.9. The Bertz CT molecular complexity index is 661. The minimum Gasteiger partial charge on any atom is -0.444 e. The molecule has 1 heterocycles. The maximum atomic E-state index is 12.0. The lowest BCUT2D eigenvalue weighted by molar-refractivity contribution is -0.164. The smallest absolute Gasteiger partial charge is 0.377 e. The average Bonchev–Trinajstić information content (AvgIpc) is 2.75. The van der Waals surface area contributed by atoms with Gasteiger partial charge >= 0.3 is 5.97 Å². The van der Waals surface area contributed by atoms with Crippen LogP contribution in [-0.4, -0.2) is 11.8 Å². The zero-order valence-corrected chi connectivity index (χ0v) is 11.8. The van der Waals surface area contributed by atoms with Crippen LogP contribution in [0.15, 0.2) is 66.4 Å². The van der Waals surface area contributed by atoms with E-state index in [4.69, 9.17) is 9.47 Å². The van der Waals surface area contributed by atoms with Crippen LogP contribution < -0.4 is 0 Å². The second-order valence-corrected chi connectivity index (χ2v) is 5.21. The van der Waals surface area contributed by atoms with E-state index in [9.17, 15) is 4.79 Å². The summed E-state index contributed by atoms with van der Waals surface area (Å²) in [6, 6.07) is 19.4. The molecule has 1 aliphatic rings. The van der Waals surface area contributed by atoms with E-state index in [2.05, 4.69) is 0 Å². The Morgan fingerprint density at radius 3 is 2.24 bits per heavy atom. The maximum Gasteiger partial charge on any atom is 0.377 e. The highest BCUT2D eigenvalue weighted by Crippen LogP contribution is 2.31. The van der Waals surface area contributed by atoms with Crippen LogP contribution >= 0.6 is 0 Å². The van der Waals surface area contributed by atoms with Crippen LogP contribution in [0.5, 0.6) is 0 Å². The van der Waals surface area contributed by atoms with Crippen LogP contribution in [0, 0.1) is 0 Å². The number of carbonyl (C=O) groups is 1. The van der Waals surface area contributed by atoms with Gasteiger partial charge in [-0.1, -0.05) is 60.7 Å². The molecule has 1 fully saturated rings. The summed E-state index contributed by atoms with van der Waals surface area (Å²) in [7, 11) is 0. The Morgan fingerprint density at radius 2 is 1.57 bits per heavy atom. The van der Waals surface area contributed by atoms with Crippen LogP contribution in [0.4, 0.5) is 0 Å². The number of hydrogen-bond donors (Lipinski definition) is 0. The average molecular weight is 280 g/mol. The monoisotopic (exact) mass is 280 g/mol. The molecule has 3 heteroatoms. The summed E-state index contributed by atoms with van der Waals surface area (Å²) >= 11 is 0. The van der Waals surface area contributed by atoms with Gasteiger partial charge < -0.3 is 9.47 Å². The van der Waals surface area contributed by atoms with E-state index in [-0.39, 0.29) is 5.76 Å². The molecule has 0 spiro atoms. The molecule has 0 bridgehead atoms. The number of carbonyl (C=O) groups excluding carboxylic acids is 1. The first-order valence-electron chi connectivity index (χ1n) is 6.88. The second-order valence-electron chi connectivity index (χ2n) is 5.21. The molecule has 2 aromatic carbocycles. The first-order chi connectivity index (χ1) is 10.1. The van der Waals surface area contributed by atoms with Gasteiger partial charge in [0.25, 0.3) is 5.79 Å². The van der Waals surface area contributed by atoms with Crippen LogP contribution in [0.2, 0.25) is 0 Å². The number of hydrogen-bond acceptors (Lipinski definition) is 3. The molecular weight excluding hydrogens is 264 g/mol. The summed E-state index contributed by atoms with van der Waals surface area (Å²) in [5, 5.41) is 0. The van der Waals surface area contributed by atoms with Crippen molar-refractivity contribution in [1.82, 2.24) is 0 Å². The third-order valence-electron chi connectivity index (χ3n) is 3.30. The molecule has 1 atom stereocenters. The van der Waals surface area contributed by atoms with Gasteiger partial charge in [0.15, 0.2) is 0 Å². The largest absolute Gasteiger partial charge is 0.444 e. The van der Waals surface area contributed by atoms with Crippen molar-refractivity contribution in [3.05, 3.63) is 77.5 Å². The second kappa shape index (κ2) is 5.44. The van der Waals surface area contributed by atoms with E-state index in [0.29, 0.717) is 6.42 Å². The molecule has 0 radical (unpaired) electrons. The molecule has 1 saturated heterocycles. The van der Waals surface area contributed by atoms with E-state index >= 15 is 0 Å². The minimum absolute atomic E-state index is 0.250. The molecule has 21 heavy (non-hydrogen) atoms. The number of benzene rings is 2. The zero-order valence-electron chi connectivity index (χ0n) is 11.8. The summed E-state index contributed by atoms with van der Waals surface area (Å²) in [6.07, 6.45) is 2.23. The fourth-order valence-corrected chi connectivity index (χ4v) is 2.37. The van der Waals surface area contributed by atoms with Gasteiger partial charge in [-0.2, -0.15) is 0 Å². The quantitative estimate of drug-likeness (QED) is 0.637. The topological polar surface area (TPSA) is 35.5 Å². The van der Waals surface area contributed by atoms with Gasteiger partial charge in [-0.15, -0.1) is 0 Å². The SMILES string of the molecule is C[C@]1(Cc2ccccc2)OC(=O)/C(=C/c2ccccc2)O1. The lowest BCUT2D eigenvalue weighted by Crippen LogP contribution is -2.28. The van der Waals surface area contributed by atoms with Crippen molar-refractivity contribution in [3.63, 3.8) is 0 Å². The summed E-state index contributed by atoms with van der Waals surface area (Å²) in [4.78, 5) is 12.0. The highest BCUT2D eigenvalue weighted by molar-refractivity contribution is 5.93. The molecule has 0 aromatic heterocycles. The molecule has 1 aliphatic heterocycles. The van der Waals surface area contributed by atoms with E-state index in [1.807, 2.05) is 60.7 Å². The van der Waals surface area contributed by atoms with Crippen LogP contribution in [0.1, 0.15) is 18.1 Å². The number of rotatable bonds is 3. The first kappa shape index (κ1) is 13.4. The van der Waals surface area contributed by atoms with Gasteiger partial charge in [0, 0.05) is 13.3 Å². The standard InChI is InChI=1S/C18H16O3/c1-18(13-15-10-6-3-7-11-15)20-16(17(19)21-18)12-14-8-4-2-5-9-14/h2-12H,13H2,1H3/b16-12-/t18-/m1/s1. The predicted molar refractivity (Wildman–Crippen MR) is 80.1 cm³/mol. The Labute approximate surface area is 123 Å². The van der Waals surface area contributed by atoms with Crippen molar-refractivity contribution in [3.8, 4) is 0 Å². The van der Waals surface area contributed by atoms with Crippen molar-refractivity contribution in [2.75, 3.05) is 0 Å². The molecule has 106 valence electrons. The van der Waals surface area contributed by atoms with Crippen LogP contribution in [-0.2, 0) is 20.7 Å². The summed E-state index contributed by atoms with van der Waals surface area (Å²) in [6.45, 7) is 1.78. The van der Waals surface area contributed by atoms with Crippen molar-refractivity contribution in [2.45, 2.75) is 19.1 Å². The highest BCUT2D eigenvalue weighted by atomic mass is 16.8. The Kier molecular flexibility index (Phi) is 3.48. The zero-order chi connectivity index (χ0) is 14.7. The third kappa shape index (κ3) is 3.14. The molecule has 0 amide bonds. The van der Waals surface area contributed by atoms with Crippen molar-refractivity contribution < 1.29 is 14.3 Å². The molecule has 0 N–H and O–H groups in total. The van der Waals surface area contributed by atoms with E-state index in [1.165, 1.54) is 0 Å². The fraction of sp³-hybridized carbons (Fsp3) is 0.167. The highest BCUT2D eigenvalue weighted by Gasteiger charge is 2.41. The molecule has 3 nitrogen and oxygen atoms in total. The lowest BCUT2D eigenvalue weighted by atomic mass is 10.1. The predicted octanol–water partition coefficient (Wildman–Crippen LogP) is 3.56. The van der Waals surface area contributed by atoms with Gasteiger partial charge in [-0.3, -0.25) is 0 Å². The number of esters is 1. The van der Waals surface area contributed by atoms with Crippen LogP contribution in [0.3, 0.4) is 0 Å². The van der Waals surface area contributed by atoms with E-state index in [1.54, 1.807) is 13.0 Å². The Balaban J connectivity index is 1.79. The summed E-state index contributed by atoms with van der Waals surface area (Å²) in [5.41, 5.74) is 1.97. The van der Waals surface area contributed by atoms with E-state index in [0.717, 1.165) is 11.1 Å². The summed E-state index contributed by atoms with van der Waals surface area (Å²) in [5.74, 6) is -1.11. The van der Waals surface area contributed by atoms with Gasteiger partial charge in [0.1, 0.15) is 0 Å². The molecule has 3 rings (SSSR count). The minimum atomic E-state index is -0.945. The van der Waals surface area contributed by atoms with Gasteiger partial charge in [0.05, 0.1) is 0 Å². The summed E-state index contributed by atoms with van der Waals surface area (Å²) < 4.78 is 11.2. The van der Waals surface area contributed by atoms with Crippen LogP contribution in [0.25, 0.3) is 6.08 Å². The maximum absolute atomic E-state index is 12.0.